The largest absolute Gasteiger partial charge is 0.398 e. The van der Waals surface area contributed by atoms with Gasteiger partial charge in [0.1, 0.15) is 12.0 Å². The molecule has 6 nitrogen and oxygen atoms in total. The van der Waals surface area contributed by atoms with Crippen LogP contribution >= 0.6 is 0 Å². The number of hydrogen-bond acceptors (Lipinski definition) is 5. The fourth-order valence-corrected chi connectivity index (χ4v) is 2.55. The van der Waals surface area contributed by atoms with Crippen LogP contribution in [0, 0.1) is 0 Å². The molecule has 2 rings (SSSR count). The van der Waals surface area contributed by atoms with E-state index in [1.54, 1.807) is 24.3 Å². The van der Waals surface area contributed by atoms with Gasteiger partial charge in [-0.05, 0) is 11.6 Å². The maximum absolute atomic E-state index is 11.8. The minimum absolute atomic E-state index is 0.190. The van der Waals surface area contributed by atoms with E-state index in [0.29, 0.717) is 16.9 Å². The summed E-state index contributed by atoms with van der Waals surface area (Å²) >= 11 is 0. The zero-order chi connectivity index (χ0) is 12.3. The van der Waals surface area contributed by atoms with Gasteiger partial charge in [-0.25, -0.2) is 8.42 Å². The van der Waals surface area contributed by atoms with Crippen molar-refractivity contribution in [1.29, 1.82) is 0 Å². The standard InChI is InChI=1S/C10H11N3O3S/c11-10-4-2-1-3-8(10)7-17(14,15)13-9-5-12-16-6-9/h1-6,13H,7,11H2. The van der Waals surface area contributed by atoms with E-state index in [9.17, 15) is 8.42 Å². The van der Waals surface area contributed by atoms with Crippen molar-refractivity contribution in [3.8, 4) is 0 Å². The van der Waals surface area contributed by atoms with Crippen LogP contribution in [0.25, 0.3) is 0 Å². The van der Waals surface area contributed by atoms with Crippen molar-refractivity contribution in [2.75, 3.05) is 10.5 Å². The molecule has 7 heteroatoms. The second-order valence-corrected chi connectivity index (χ2v) is 5.20. The molecule has 0 unspecified atom stereocenters. The maximum Gasteiger partial charge on any atom is 0.237 e. The first-order valence-corrected chi connectivity index (χ1v) is 6.45. The first-order valence-electron chi connectivity index (χ1n) is 4.80. The van der Waals surface area contributed by atoms with Crippen LogP contribution in [0.15, 0.2) is 41.2 Å². The summed E-state index contributed by atoms with van der Waals surface area (Å²) in [5.41, 5.74) is 6.97. The molecule has 1 aromatic heterocycles. The number of hydrogen-bond donors (Lipinski definition) is 2. The van der Waals surface area contributed by atoms with Crippen molar-refractivity contribution in [3.05, 3.63) is 42.3 Å². The Morgan fingerprint density at radius 1 is 1.35 bits per heavy atom. The highest BCUT2D eigenvalue weighted by Crippen LogP contribution is 2.16. The molecule has 0 saturated heterocycles. The quantitative estimate of drug-likeness (QED) is 0.798. The monoisotopic (exact) mass is 253 g/mol. The minimum atomic E-state index is -3.51. The van der Waals surface area contributed by atoms with Crippen molar-refractivity contribution in [2.24, 2.45) is 0 Å². The molecule has 0 spiro atoms. The number of benzene rings is 1. The molecular weight excluding hydrogens is 242 g/mol. The Balaban J connectivity index is 2.16. The van der Waals surface area contributed by atoms with Crippen LogP contribution < -0.4 is 10.5 Å². The van der Waals surface area contributed by atoms with Gasteiger partial charge in [-0.15, -0.1) is 0 Å². The Labute approximate surface area is 98.5 Å². The SMILES string of the molecule is Nc1ccccc1CS(=O)(=O)Nc1cnoc1. The third kappa shape index (κ3) is 2.97. The third-order valence-corrected chi connectivity index (χ3v) is 3.34. The average Bonchev–Trinajstić information content (AvgIpc) is 2.73. The predicted octanol–water partition coefficient (Wildman–Crippen LogP) is 1.20. The fraction of sp³-hybridized carbons (Fsp3) is 0.100. The lowest BCUT2D eigenvalue weighted by Crippen LogP contribution is -2.15. The molecule has 0 bridgehead atoms. The summed E-state index contributed by atoms with van der Waals surface area (Å²) in [6.45, 7) is 0. The molecule has 1 heterocycles. The Morgan fingerprint density at radius 2 is 2.12 bits per heavy atom. The van der Waals surface area contributed by atoms with Crippen molar-refractivity contribution >= 4 is 21.4 Å². The Kier molecular flexibility index (Phi) is 3.01. The molecule has 2 aromatic rings. The zero-order valence-electron chi connectivity index (χ0n) is 8.83. The molecule has 0 saturated carbocycles. The lowest BCUT2D eigenvalue weighted by atomic mass is 10.2. The number of nitrogens with zero attached hydrogens (tertiary/aromatic N) is 1. The van der Waals surface area contributed by atoms with Crippen LogP contribution in [0.4, 0.5) is 11.4 Å². The van der Waals surface area contributed by atoms with E-state index in [1.165, 1.54) is 12.5 Å². The highest BCUT2D eigenvalue weighted by molar-refractivity contribution is 7.91. The van der Waals surface area contributed by atoms with Gasteiger partial charge in [-0.3, -0.25) is 4.72 Å². The number of nitrogens with one attached hydrogen (secondary N) is 1. The van der Waals surface area contributed by atoms with Crippen LogP contribution in [0.2, 0.25) is 0 Å². The molecule has 0 aliphatic carbocycles. The maximum atomic E-state index is 11.8. The number of rotatable bonds is 4. The van der Waals surface area contributed by atoms with Gasteiger partial charge < -0.3 is 10.3 Å². The second-order valence-electron chi connectivity index (χ2n) is 3.47. The molecule has 0 aliphatic heterocycles. The summed E-state index contributed by atoms with van der Waals surface area (Å²) in [5, 5.41) is 3.40. The van der Waals surface area contributed by atoms with E-state index < -0.39 is 10.0 Å². The van der Waals surface area contributed by atoms with Crippen LogP contribution in [-0.4, -0.2) is 13.6 Å². The molecule has 0 aliphatic rings. The normalized spacial score (nSPS) is 11.3. The van der Waals surface area contributed by atoms with E-state index in [2.05, 4.69) is 14.4 Å². The van der Waals surface area contributed by atoms with Gasteiger partial charge in [0.25, 0.3) is 0 Å². The van der Waals surface area contributed by atoms with Crippen LogP contribution in [0.3, 0.4) is 0 Å². The summed E-state index contributed by atoms with van der Waals surface area (Å²) in [5.74, 6) is -0.190. The molecule has 90 valence electrons. The second kappa shape index (κ2) is 4.46. The van der Waals surface area contributed by atoms with Crippen molar-refractivity contribution in [1.82, 2.24) is 5.16 Å². The summed E-state index contributed by atoms with van der Waals surface area (Å²) in [7, 11) is -3.51. The van der Waals surface area contributed by atoms with Crippen LogP contribution in [-0.2, 0) is 15.8 Å². The van der Waals surface area contributed by atoms with E-state index in [1.807, 2.05) is 0 Å². The lowest BCUT2D eigenvalue weighted by Gasteiger charge is -2.07. The van der Waals surface area contributed by atoms with E-state index >= 15 is 0 Å². The van der Waals surface area contributed by atoms with E-state index in [-0.39, 0.29) is 5.75 Å². The van der Waals surface area contributed by atoms with Gasteiger partial charge in [0.15, 0.2) is 0 Å². The van der Waals surface area contributed by atoms with Gasteiger partial charge in [0.05, 0.1) is 11.9 Å². The van der Waals surface area contributed by atoms with Gasteiger partial charge >= 0.3 is 0 Å². The summed E-state index contributed by atoms with van der Waals surface area (Å²) in [4.78, 5) is 0. The molecule has 0 fully saturated rings. The smallest absolute Gasteiger partial charge is 0.237 e. The van der Waals surface area contributed by atoms with Crippen molar-refractivity contribution in [2.45, 2.75) is 5.75 Å². The predicted molar refractivity (Wildman–Crippen MR) is 63.6 cm³/mol. The Hall–Kier alpha value is -2.02. The third-order valence-electron chi connectivity index (χ3n) is 2.11. The molecule has 3 N–H and O–H groups in total. The van der Waals surface area contributed by atoms with Gasteiger partial charge in [0.2, 0.25) is 10.0 Å². The number of sulfonamides is 1. The molecule has 0 atom stereocenters. The summed E-state index contributed by atoms with van der Waals surface area (Å²) in [6.07, 6.45) is 2.50. The fourth-order valence-electron chi connectivity index (χ4n) is 1.34. The lowest BCUT2D eigenvalue weighted by molar-refractivity contribution is 0.420. The highest BCUT2D eigenvalue weighted by Gasteiger charge is 2.14. The van der Waals surface area contributed by atoms with Gasteiger partial charge in [-0.2, -0.15) is 0 Å². The van der Waals surface area contributed by atoms with E-state index in [4.69, 9.17) is 5.73 Å². The number of para-hydroxylation sites is 1. The summed E-state index contributed by atoms with van der Waals surface area (Å²) in [6, 6.07) is 6.81. The zero-order valence-corrected chi connectivity index (χ0v) is 9.65. The van der Waals surface area contributed by atoms with Crippen molar-refractivity contribution in [3.63, 3.8) is 0 Å². The first kappa shape index (κ1) is 11.5. The van der Waals surface area contributed by atoms with Crippen molar-refractivity contribution < 1.29 is 12.9 Å². The molecule has 1 aromatic carbocycles. The topological polar surface area (TPSA) is 98.2 Å². The number of nitrogens with two attached hydrogens (primary N) is 1. The Bertz CT molecular complexity index is 593. The van der Waals surface area contributed by atoms with Crippen LogP contribution in [0.1, 0.15) is 5.56 Å². The highest BCUT2D eigenvalue weighted by atomic mass is 32.2. The molecular formula is C10H11N3O3S. The minimum Gasteiger partial charge on any atom is -0.398 e. The molecule has 17 heavy (non-hydrogen) atoms. The van der Waals surface area contributed by atoms with Gasteiger partial charge in [0, 0.05) is 5.69 Å². The number of nitrogen functional groups attached to an aromatic ring is 1. The number of anilines is 2. The average molecular weight is 253 g/mol. The number of aromatic nitrogens is 1. The Morgan fingerprint density at radius 3 is 2.76 bits per heavy atom. The van der Waals surface area contributed by atoms with E-state index in [0.717, 1.165) is 0 Å². The van der Waals surface area contributed by atoms with Crippen LogP contribution in [0.5, 0.6) is 0 Å². The molecule has 0 radical (unpaired) electrons. The molecule has 0 amide bonds. The summed E-state index contributed by atoms with van der Waals surface area (Å²) < 4.78 is 30.4. The first-order chi connectivity index (χ1) is 8.07. The van der Waals surface area contributed by atoms with Gasteiger partial charge in [-0.1, -0.05) is 23.4 Å².